The Kier molecular flexibility index (Phi) is 3.29. The molecule has 1 amide bonds. The van der Waals surface area contributed by atoms with Crippen molar-refractivity contribution < 1.29 is 4.79 Å². The first kappa shape index (κ1) is 11.9. The Bertz CT molecular complexity index is 704. The van der Waals surface area contributed by atoms with Crippen LogP contribution in [0.5, 0.6) is 0 Å². The smallest absolute Gasteiger partial charge is 0.251 e. The first-order valence-electron chi connectivity index (χ1n) is 6.11. The summed E-state index contributed by atoms with van der Waals surface area (Å²) in [7, 11) is 0. The number of hydrogen-bond donors (Lipinski definition) is 1. The van der Waals surface area contributed by atoms with Crippen LogP contribution in [-0.2, 0) is 6.54 Å². The molecule has 3 aromatic rings. The molecule has 3 rings (SSSR count). The van der Waals surface area contributed by atoms with Crippen LogP contribution < -0.4 is 5.32 Å². The van der Waals surface area contributed by atoms with E-state index in [4.69, 9.17) is 0 Å². The van der Waals surface area contributed by atoms with E-state index in [0.29, 0.717) is 12.1 Å². The molecule has 0 radical (unpaired) electrons. The summed E-state index contributed by atoms with van der Waals surface area (Å²) < 4.78 is 0. The van der Waals surface area contributed by atoms with Gasteiger partial charge in [-0.2, -0.15) is 11.3 Å². The minimum absolute atomic E-state index is 0.0306. The lowest BCUT2D eigenvalue weighted by Gasteiger charge is -2.05. The van der Waals surface area contributed by atoms with Crippen LogP contribution in [0.3, 0.4) is 0 Å². The molecule has 3 heteroatoms. The molecule has 1 heterocycles. The van der Waals surface area contributed by atoms with Crippen molar-refractivity contribution in [1.82, 2.24) is 5.32 Å². The molecule has 1 N–H and O–H groups in total. The molecule has 0 saturated carbocycles. The van der Waals surface area contributed by atoms with Crippen molar-refractivity contribution in [2.45, 2.75) is 6.54 Å². The largest absolute Gasteiger partial charge is 0.348 e. The number of thiophene rings is 1. The molecule has 0 aliphatic rings. The van der Waals surface area contributed by atoms with Crippen LogP contribution in [-0.4, -0.2) is 5.91 Å². The van der Waals surface area contributed by atoms with Crippen LogP contribution in [0.4, 0.5) is 0 Å². The third-order valence-electron chi connectivity index (χ3n) is 3.04. The fraction of sp³-hybridized carbons (Fsp3) is 0.0625. The summed E-state index contributed by atoms with van der Waals surface area (Å²) in [5.41, 5.74) is 1.84. The molecule has 2 aromatic carbocycles. The van der Waals surface area contributed by atoms with Crippen LogP contribution in [0.25, 0.3) is 10.8 Å². The van der Waals surface area contributed by atoms with Crippen LogP contribution in [0.2, 0.25) is 0 Å². The minimum atomic E-state index is -0.0306. The summed E-state index contributed by atoms with van der Waals surface area (Å²) in [5.74, 6) is -0.0306. The SMILES string of the molecule is O=C(NCc1ccsc1)c1ccc2ccccc2c1. The van der Waals surface area contributed by atoms with Gasteiger partial charge in [0.1, 0.15) is 0 Å². The van der Waals surface area contributed by atoms with Gasteiger partial charge in [-0.05, 0) is 45.3 Å². The first-order valence-corrected chi connectivity index (χ1v) is 7.05. The van der Waals surface area contributed by atoms with Gasteiger partial charge < -0.3 is 5.32 Å². The predicted octanol–water partition coefficient (Wildman–Crippen LogP) is 3.83. The van der Waals surface area contributed by atoms with Gasteiger partial charge in [0.2, 0.25) is 0 Å². The van der Waals surface area contributed by atoms with Crippen molar-refractivity contribution in [3.05, 3.63) is 70.4 Å². The second-order valence-electron chi connectivity index (χ2n) is 4.38. The highest BCUT2D eigenvalue weighted by molar-refractivity contribution is 7.07. The van der Waals surface area contributed by atoms with Crippen LogP contribution in [0.15, 0.2) is 59.3 Å². The highest BCUT2D eigenvalue weighted by Crippen LogP contribution is 2.15. The maximum absolute atomic E-state index is 12.1. The predicted molar refractivity (Wildman–Crippen MR) is 79.4 cm³/mol. The van der Waals surface area contributed by atoms with E-state index in [1.165, 1.54) is 0 Å². The van der Waals surface area contributed by atoms with Gasteiger partial charge >= 0.3 is 0 Å². The van der Waals surface area contributed by atoms with E-state index in [1.807, 2.05) is 59.3 Å². The van der Waals surface area contributed by atoms with Gasteiger partial charge in [-0.3, -0.25) is 4.79 Å². The molecule has 0 unspecified atom stereocenters. The highest BCUT2D eigenvalue weighted by Gasteiger charge is 2.06. The Hall–Kier alpha value is -2.13. The van der Waals surface area contributed by atoms with E-state index in [0.717, 1.165) is 16.3 Å². The molecule has 1 aromatic heterocycles. The third-order valence-corrected chi connectivity index (χ3v) is 3.78. The fourth-order valence-corrected chi connectivity index (χ4v) is 2.68. The van der Waals surface area contributed by atoms with E-state index < -0.39 is 0 Å². The lowest BCUT2D eigenvalue weighted by atomic mass is 10.1. The minimum Gasteiger partial charge on any atom is -0.348 e. The Balaban J connectivity index is 1.77. The van der Waals surface area contributed by atoms with Gasteiger partial charge in [-0.1, -0.05) is 30.3 Å². The molecule has 0 spiro atoms. The average molecular weight is 267 g/mol. The summed E-state index contributed by atoms with van der Waals surface area (Å²) in [5, 5.41) is 9.23. The average Bonchev–Trinajstić information content (AvgIpc) is 2.97. The number of hydrogen-bond acceptors (Lipinski definition) is 2. The second-order valence-corrected chi connectivity index (χ2v) is 5.16. The van der Waals surface area contributed by atoms with Crippen molar-refractivity contribution in [3.8, 4) is 0 Å². The Labute approximate surface area is 115 Å². The molecule has 0 fully saturated rings. The van der Waals surface area contributed by atoms with Gasteiger partial charge in [0.15, 0.2) is 0 Å². The Morgan fingerprint density at radius 1 is 1.05 bits per heavy atom. The first-order chi connectivity index (χ1) is 9.33. The summed E-state index contributed by atoms with van der Waals surface area (Å²) in [6.07, 6.45) is 0. The zero-order valence-corrected chi connectivity index (χ0v) is 11.1. The number of rotatable bonds is 3. The number of benzene rings is 2. The van der Waals surface area contributed by atoms with Crippen molar-refractivity contribution in [2.75, 3.05) is 0 Å². The maximum atomic E-state index is 12.1. The standard InChI is InChI=1S/C16H13NOS/c18-16(17-10-12-7-8-19-11-12)15-6-5-13-3-1-2-4-14(13)9-15/h1-9,11H,10H2,(H,17,18). The molecule has 0 saturated heterocycles. The van der Waals surface area contributed by atoms with Gasteiger partial charge in [0, 0.05) is 12.1 Å². The quantitative estimate of drug-likeness (QED) is 0.767. The highest BCUT2D eigenvalue weighted by atomic mass is 32.1. The molecular weight excluding hydrogens is 254 g/mol. The van der Waals surface area contributed by atoms with E-state index >= 15 is 0 Å². The molecule has 2 nitrogen and oxygen atoms in total. The van der Waals surface area contributed by atoms with Crippen LogP contribution in [0, 0.1) is 0 Å². The van der Waals surface area contributed by atoms with E-state index in [2.05, 4.69) is 5.32 Å². The number of nitrogens with one attached hydrogen (secondary N) is 1. The molecule has 94 valence electrons. The van der Waals surface area contributed by atoms with Crippen molar-refractivity contribution in [2.24, 2.45) is 0 Å². The van der Waals surface area contributed by atoms with Gasteiger partial charge in [0.25, 0.3) is 5.91 Å². The molecule has 0 bridgehead atoms. The monoisotopic (exact) mass is 267 g/mol. The van der Waals surface area contributed by atoms with E-state index in [-0.39, 0.29) is 5.91 Å². The summed E-state index contributed by atoms with van der Waals surface area (Å²) in [4.78, 5) is 12.1. The molecule has 0 aliphatic carbocycles. The van der Waals surface area contributed by atoms with E-state index in [9.17, 15) is 4.79 Å². The normalized spacial score (nSPS) is 10.5. The fourth-order valence-electron chi connectivity index (χ4n) is 2.01. The zero-order valence-electron chi connectivity index (χ0n) is 10.3. The lowest BCUT2D eigenvalue weighted by molar-refractivity contribution is 0.0951. The molecular formula is C16H13NOS. The van der Waals surface area contributed by atoms with Crippen molar-refractivity contribution >= 4 is 28.0 Å². The van der Waals surface area contributed by atoms with E-state index in [1.54, 1.807) is 11.3 Å². The van der Waals surface area contributed by atoms with Crippen LogP contribution >= 0.6 is 11.3 Å². The number of carbonyl (C=O) groups excluding carboxylic acids is 1. The summed E-state index contributed by atoms with van der Waals surface area (Å²) in [6, 6.07) is 15.8. The van der Waals surface area contributed by atoms with Gasteiger partial charge in [0.05, 0.1) is 0 Å². The van der Waals surface area contributed by atoms with Crippen LogP contribution in [0.1, 0.15) is 15.9 Å². The number of carbonyl (C=O) groups is 1. The molecule has 19 heavy (non-hydrogen) atoms. The van der Waals surface area contributed by atoms with Gasteiger partial charge in [-0.15, -0.1) is 0 Å². The van der Waals surface area contributed by atoms with Crippen molar-refractivity contribution in [3.63, 3.8) is 0 Å². The maximum Gasteiger partial charge on any atom is 0.251 e. The molecule has 0 atom stereocenters. The molecule has 0 aliphatic heterocycles. The summed E-state index contributed by atoms with van der Waals surface area (Å²) >= 11 is 1.64. The zero-order chi connectivity index (χ0) is 13.1. The Morgan fingerprint density at radius 2 is 1.89 bits per heavy atom. The van der Waals surface area contributed by atoms with Crippen molar-refractivity contribution in [1.29, 1.82) is 0 Å². The number of amides is 1. The lowest BCUT2D eigenvalue weighted by Crippen LogP contribution is -2.22. The van der Waals surface area contributed by atoms with Gasteiger partial charge in [-0.25, -0.2) is 0 Å². The number of fused-ring (bicyclic) bond motifs is 1. The third kappa shape index (κ3) is 2.66. The summed E-state index contributed by atoms with van der Waals surface area (Å²) in [6.45, 7) is 0.579. The topological polar surface area (TPSA) is 29.1 Å². The second kappa shape index (κ2) is 5.24. The Morgan fingerprint density at radius 3 is 2.68 bits per heavy atom.